The summed E-state index contributed by atoms with van der Waals surface area (Å²) in [6, 6.07) is 8.97. The largest absolute Gasteiger partial charge is 0.370 e. The summed E-state index contributed by atoms with van der Waals surface area (Å²) in [5, 5.41) is 1.41. The van der Waals surface area contributed by atoms with Crippen LogP contribution in [0.15, 0.2) is 30.5 Å². The van der Waals surface area contributed by atoms with Crippen molar-refractivity contribution in [3.05, 3.63) is 36.0 Å². The van der Waals surface area contributed by atoms with E-state index < -0.39 is 0 Å². The number of hydrogen-bond donors (Lipinski definition) is 1. The van der Waals surface area contributed by atoms with Crippen molar-refractivity contribution < 1.29 is 4.79 Å². The Morgan fingerprint density at radius 2 is 1.91 bits per heavy atom. The number of amides is 1. The predicted molar refractivity (Wildman–Crippen MR) is 133 cm³/mol. The van der Waals surface area contributed by atoms with E-state index in [0.717, 1.165) is 51.5 Å². The number of aromatic nitrogens is 1. The van der Waals surface area contributed by atoms with Crippen molar-refractivity contribution in [1.29, 1.82) is 0 Å². The number of nitrogens with zero attached hydrogens (tertiary/aromatic N) is 3. The van der Waals surface area contributed by atoms with Crippen molar-refractivity contribution in [1.82, 2.24) is 14.4 Å². The summed E-state index contributed by atoms with van der Waals surface area (Å²) in [5.74, 6) is 1.62. The number of likely N-dealkylation sites (N-methyl/N-ethyl adjacent to an activating group) is 1. The quantitative estimate of drug-likeness (QED) is 0.629. The molecule has 1 aromatic carbocycles. The Balaban J connectivity index is 1.61. The standard InChI is InChI=1S/C27H42N4O/c1-29(2)16-17-30-15-14-22(12-13-27(28)32)24(19-30)25-20-31(18-21-8-4-3-5-9-21)26-11-7-6-10-23(25)26/h6-7,10-11,20-22,24H,3-5,8-9,12-19H2,1-2H3,(H2,28,32). The molecule has 2 aromatic rings. The zero-order chi connectivity index (χ0) is 22.5. The Bertz CT molecular complexity index is 883. The highest BCUT2D eigenvalue weighted by atomic mass is 16.1. The minimum atomic E-state index is -0.168. The first-order valence-corrected chi connectivity index (χ1v) is 12.7. The average Bonchev–Trinajstić information content (AvgIpc) is 3.15. The highest BCUT2D eigenvalue weighted by Gasteiger charge is 2.32. The normalized spacial score (nSPS) is 23.2. The molecule has 2 fully saturated rings. The van der Waals surface area contributed by atoms with Crippen LogP contribution < -0.4 is 5.73 Å². The maximum absolute atomic E-state index is 11.6. The molecular weight excluding hydrogens is 396 g/mol. The number of carbonyl (C=O) groups is 1. The molecule has 0 radical (unpaired) electrons. The molecule has 176 valence electrons. The number of likely N-dealkylation sites (tertiary alicyclic amines) is 1. The molecule has 1 amide bonds. The third kappa shape index (κ3) is 5.74. The van der Waals surface area contributed by atoms with Gasteiger partial charge in [0.25, 0.3) is 0 Å². The van der Waals surface area contributed by atoms with Gasteiger partial charge in [-0.2, -0.15) is 0 Å². The molecule has 4 rings (SSSR count). The molecule has 0 spiro atoms. The van der Waals surface area contributed by atoms with Crippen molar-refractivity contribution in [3.8, 4) is 0 Å². The molecule has 32 heavy (non-hydrogen) atoms. The Hall–Kier alpha value is -1.85. The summed E-state index contributed by atoms with van der Waals surface area (Å²) < 4.78 is 2.55. The van der Waals surface area contributed by atoms with E-state index in [1.54, 1.807) is 0 Å². The molecule has 2 N–H and O–H groups in total. The number of hydrogen-bond acceptors (Lipinski definition) is 3. The first kappa shape index (κ1) is 23.3. The highest BCUT2D eigenvalue weighted by Crippen LogP contribution is 2.40. The van der Waals surface area contributed by atoms with Gasteiger partial charge < -0.3 is 20.1 Å². The molecular formula is C27H42N4O. The van der Waals surface area contributed by atoms with Gasteiger partial charge in [-0.3, -0.25) is 4.79 Å². The number of para-hydroxylation sites is 1. The fourth-order valence-corrected chi connectivity index (χ4v) is 6.01. The van der Waals surface area contributed by atoms with Crippen LogP contribution in [0, 0.1) is 11.8 Å². The second-order valence-corrected chi connectivity index (χ2v) is 10.5. The monoisotopic (exact) mass is 438 g/mol. The van der Waals surface area contributed by atoms with Crippen molar-refractivity contribution in [2.75, 3.05) is 40.3 Å². The fourth-order valence-electron chi connectivity index (χ4n) is 6.01. The van der Waals surface area contributed by atoms with Crippen LogP contribution in [-0.2, 0) is 11.3 Å². The minimum Gasteiger partial charge on any atom is -0.370 e. The topological polar surface area (TPSA) is 54.5 Å². The van der Waals surface area contributed by atoms with E-state index in [2.05, 4.69) is 58.9 Å². The third-order valence-electron chi connectivity index (χ3n) is 7.86. The van der Waals surface area contributed by atoms with Gasteiger partial charge in [0.2, 0.25) is 5.91 Å². The van der Waals surface area contributed by atoms with Crippen LogP contribution in [0.1, 0.15) is 62.8 Å². The van der Waals surface area contributed by atoms with E-state index >= 15 is 0 Å². The van der Waals surface area contributed by atoms with Crippen LogP contribution in [-0.4, -0.2) is 60.5 Å². The molecule has 1 aromatic heterocycles. The molecule has 0 bridgehead atoms. The van der Waals surface area contributed by atoms with Gasteiger partial charge in [0.1, 0.15) is 0 Å². The lowest BCUT2D eigenvalue weighted by atomic mass is 9.78. The van der Waals surface area contributed by atoms with Gasteiger partial charge in [0.05, 0.1) is 0 Å². The first-order valence-electron chi connectivity index (χ1n) is 12.7. The summed E-state index contributed by atoms with van der Waals surface area (Å²) in [6.45, 7) is 5.53. The Labute approximate surface area is 193 Å². The molecule has 2 unspecified atom stereocenters. The Morgan fingerprint density at radius 1 is 1.12 bits per heavy atom. The summed E-state index contributed by atoms with van der Waals surface area (Å²) in [4.78, 5) is 16.5. The van der Waals surface area contributed by atoms with E-state index in [-0.39, 0.29) is 5.91 Å². The lowest BCUT2D eigenvalue weighted by Crippen LogP contribution is -2.42. The molecule has 1 saturated carbocycles. The summed E-state index contributed by atoms with van der Waals surface area (Å²) in [5.41, 5.74) is 8.41. The highest BCUT2D eigenvalue weighted by molar-refractivity contribution is 5.84. The number of benzene rings is 1. The van der Waals surface area contributed by atoms with Crippen LogP contribution in [0.2, 0.25) is 0 Å². The van der Waals surface area contributed by atoms with Gasteiger partial charge in [-0.1, -0.05) is 37.5 Å². The molecule has 2 heterocycles. The van der Waals surface area contributed by atoms with Gasteiger partial charge in [-0.25, -0.2) is 0 Å². The molecule has 2 atom stereocenters. The molecule has 2 aliphatic rings. The van der Waals surface area contributed by atoms with Crippen molar-refractivity contribution in [3.63, 3.8) is 0 Å². The van der Waals surface area contributed by atoms with Gasteiger partial charge in [-0.05, 0) is 69.8 Å². The first-order chi connectivity index (χ1) is 15.5. The summed E-state index contributed by atoms with van der Waals surface area (Å²) >= 11 is 0. The molecule has 1 aliphatic carbocycles. The maximum Gasteiger partial charge on any atom is 0.217 e. The van der Waals surface area contributed by atoms with E-state index in [1.807, 2.05) is 0 Å². The summed E-state index contributed by atoms with van der Waals surface area (Å²) in [6.07, 6.45) is 11.9. The van der Waals surface area contributed by atoms with E-state index in [4.69, 9.17) is 5.73 Å². The molecule has 5 nitrogen and oxygen atoms in total. The van der Waals surface area contributed by atoms with Crippen LogP contribution in [0.4, 0.5) is 0 Å². The number of nitrogens with two attached hydrogens (primary N) is 1. The average molecular weight is 439 g/mol. The maximum atomic E-state index is 11.6. The van der Waals surface area contributed by atoms with Crippen molar-refractivity contribution in [2.24, 2.45) is 17.6 Å². The van der Waals surface area contributed by atoms with Crippen LogP contribution in [0.3, 0.4) is 0 Å². The lowest BCUT2D eigenvalue weighted by molar-refractivity contribution is -0.118. The number of fused-ring (bicyclic) bond motifs is 1. The van der Waals surface area contributed by atoms with Crippen LogP contribution >= 0.6 is 0 Å². The van der Waals surface area contributed by atoms with E-state index in [1.165, 1.54) is 48.6 Å². The number of carbonyl (C=O) groups excluding carboxylic acids is 1. The van der Waals surface area contributed by atoms with E-state index in [9.17, 15) is 4.79 Å². The predicted octanol–water partition coefficient (Wildman–Crippen LogP) is 4.45. The molecule has 5 heteroatoms. The Morgan fingerprint density at radius 3 is 2.66 bits per heavy atom. The van der Waals surface area contributed by atoms with Crippen molar-refractivity contribution >= 4 is 16.8 Å². The van der Waals surface area contributed by atoms with Crippen LogP contribution in [0.5, 0.6) is 0 Å². The number of rotatable bonds is 9. The molecule has 1 saturated heterocycles. The minimum absolute atomic E-state index is 0.168. The van der Waals surface area contributed by atoms with Gasteiger partial charge in [0, 0.05) is 55.6 Å². The SMILES string of the molecule is CN(C)CCN1CCC(CCC(N)=O)C(c2cn(CC3CCCCC3)c3ccccc23)C1. The zero-order valence-corrected chi connectivity index (χ0v) is 20.1. The fraction of sp³-hybridized carbons (Fsp3) is 0.667. The second kappa shape index (κ2) is 10.8. The third-order valence-corrected chi connectivity index (χ3v) is 7.86. The number of piperidine rings is 1. The van der Waals surface area contributed by atoms with Crippen molar-refractivity contribution in [2.45, 2.75) is 63.8 Å². The van der Waals surface area contributed by atoms with Gasteiger partial charge >= 0.3 is 0 Å². The van der Waals surface area contributed by atoms with Crippen LogP contribution in [0.25, 0.3) is 10.9 Å². The lowest BCUT2D eigenvalue weighted by Gasteiger charge is -2.39. The smallest absolute Gasteiger partial charge is 0.217 e. The van der Waals surface area contributed by atoms with Gasteiger partial charge in [0.15, 0.2) is 0 Å². The molecule has 1 aliphatic heterocycles. The summed E-state index contributed by atoms with van der Waals surface area (Å²) in [7, 11) is 4.30. The number of primary amides is 1. The van der Waals surface area contributed by atoms with Gasteiger partial charge in [-0.15, -0.1) is 0 Å². The van der Waals surface area contributed by atoms with E-state index in [0.29, 0.717) is 18.3 Å². The zero-order valence-electron chi connectivity index (χ0n) is 20.1. The second-order valence-electron chi connectivity index (χ2n) is 10.5. The Kier molecular flexibility index (Phi) is 7.90.